The quantitative estimate of drug-likeness (QED) is 0.355. The van der Waals surface area contributed by atoms with Gasteiger partial charge in [0.15, 0.2) is 5.69 Å². The first kappa shape index (κ1) is 18.9. The van der Waals surface area contributed by atoms with Gasteiger partial charge in [-0.2, -0.15) is 0 Å². The number of hydrogen-bond acceptors (Lipinski definition) is 5. The van der Waals surface area contributed by atoms with Crippen LogP contribution in [0.4, 0.5) is 4.39 Å². The monoisotopic (exact) mass is 411 g/mol. The number of fused-ring (bicyclic) bond motifs is 1. The van der Waals surface area contributed by atoms with Gasteiger partial charge in [-0.15, -0.1) is 0 Å². The van der Waals surface area contributed by atoms with Gasteiger partial charge >= 0.3 is 5.97 Å². The average molecular weight is 412 g/mol. The number of halogens is 2. The normalized spacial score (nSPS) is 10.9. The molecule has 2 heterocycles. The Morgan fingerprint density at radius 2 is 1.97 bits per heavy atom. The molecule has 0 amide bonds. The van der Waals surface area contributed by atoms with Crippen molar-refractivity contribution in [3.05, 3.63) is 83.3 Å². The first-order chi connectivity index (χ1) is 14.0. The van der Waals surface area contributed by atoms with E-state index in [-0.39, 0.29) is 23.3 Å². The molecule has 0 aliphatic heterocycles. The minimum absolute atomic E-state index is 0.0543. The van der Waals surface area contributed by atoms with Crippen molar-refractivity contribution in [1.82, 2.24) is 14.5 Å². The zero-order valence-electron chi connectivity index (χ0n) is 15.3. The SMILES string of the molecule is COc1ccc2cc(COC(=O)c3cncn3-c3ccc(F)cc3)c(Cl)nc2c1. The van der Waals surface area contributed by atoms with Crippen LogP contribution in [0.5, 0.6) is 5.75 Å². The highest BCUT2D eigenvalue weighted by Gasteiger charge is 2.16. The van der Waals surface area contributed by atoms with Crippen LogP contribution in [0.15, 0.2) is 61.1 Å². The number of benzene rings is 2. The molecular formula is C21H15ClFN3O3. The van der Waals surface area contributed by atoms with Crippen molar-refractivity contribution in [3.8, 4) is 11.4 Å². The number of esters is 1. The molecule has 0 radical (unpaired) electrons. The molecule has 0 bridgehead atoms. The van der Waals surface area contributed by atoms with Gasteiger partial charge in [-0.3, -0.25) is 4.57 Å². The minimum atomic E-state index is -0.585. The molecule has 4 rings (SSSR count). The predicted molar refractivity (Wildman–Crippen MR) is 106 cm³/mol. The summed E-state index contributed by atoms with van der Waals surface area (Å²) in [7, 11) is 1.58. The second kappa shape index (κ2) is 7.89. The summed E-state index contributed by atoms with van der Waals surface area (Å²) >= 11 is 6.25. The molecule has 8 heteroatoms. The van der Waals surface area contributed by atoms with E-state index in [9.17, 15) is 9.18 Å². The topological polar surface area (TPSA) is 66.2 Å². The van der Waals surface area contributed by atoms with Crippen LogP contribution in [0.3, 0.4) is 0 Å². The molecule has 0 aliphatic carbocycles. The van der Waals surface area contributed by atoms with Crippen molar-refractivity contribution < 1.29 is 18.7 Å². The molecule has 0 atom stereocenters. The van der Waals surface area contributed by atoms with E-state index in [0.29, 0.717) is 22.5 Å². The van der Waals surface area contributed by atoms with E-state index in [2.05, 4.69) is 9.97 Å². The zero-order chi connectivity index (χ0) is 20.4. The Morgan fingerprint density at radius 3 is 2.72 bits per heavy atom. The van der Waals surface area contributed by atoms with Crippen molar-refractivity contribution in [2.45, 2.75) is 6.61 Å². The van der Waals surface area contributed by atoms with Crippen LogP contribution >= 0.6 is 11.6 Å². The van der Waals surface area contributed by atoms with E-state index in [0.717, 1.165) is 5.39 Å². The molecule has 6 nitrogen and oxygen atoms in total. The van der Waals surface area contributed by atoms with Gasteiger partial charge < -0.3 is 9.47 Å². The minimum Gasteiger partial charge on any atom is -0.497 e. The van der Waals surface area contributed by atoms with Gasteiger partial charge in [-0.1, -0.05) is 11.6 Å². The molecule has 0 unspecified atom stereocenters. The van der Waals surface area contributed by atoms with Gasteiger partial charge in [-0.05, 0) is 42.5 Å². The summed E-state index contributed by atoms with van der Waals surface area (Å²) < 4.78 is 25.3. The van der Waals surface area contributed by atoms with E-state index in [1.54, 1.807) is 25.3 Å². The van der Waals surface area contributed by atoms with Crippen molar-refractivity contribution in [2.75, 3.05) is 7.11 Å². The highest BCUT2D eigenvalue weighted by atomic mass is 35.5. The van der Waals surface area contributed by atoms with Gasteiger partial charge in [0.25, 0.3) is 0 Å². The number of nitrogens with zero attached hydrogens (tertiary/aromatic N) is 3. The first-order valence-electron chi connectivity index (χ1n) is 8.64. The van der Waals surface area contributed by atoms with Gasteiger partial charge in [0.05, 0.1) is 25.2 Å². The number of ether oxygens (including phenoxy) is 2. The molecule has 0 saturated heterocycles. The van der Waals surface area contributed by atoms with Crippen molar-refractivity contribution in [2.24, 2.45) is 0 Å². The molecule has 146 valence electrons. The third-order valence-electron chi connectivity index (χ3n) is 4.36. The van der Waals surface area contributed by atoms with Crippen molar-refractivity contribution in [1.29, 1.82) is 0 Å². The second-order valence-corrected chi connectivity index (χ2v) is 6.56. The molecule has 0 N–H and O–H groups in total. The number of aromatic nitrogens is 3. The Balaban J connectivity index is 1.54. The number of carbonyl (C=O) groups excluding carboxylic acids is 1. The Morgan fingerprint density at radius 1 is 1.17 bits per heavy atom. The third-order valence-corrected chi connectivity index (χ3v) is 4.69. The summed E-state index contributed by atoms with van der Waals surface area (Å²) in [5, 5.41) is 1.09. The lowest BCUT2D eigenvalue weighted by molar-refractivity contribution is 0.0463. The summed E-state index contributed by atoms with van der Waals surface area (Å²) in [5.41, 5.74) is 2.06. The fraction of sp³-hybridized carbons (Fsp3) is 0.0952. The molecular weight excluding hydrogens is 397 g/mol. The third kappa shape index (κ3) is 3.90. The van der Waals surface area contributed by atoms with E-state index in [1.165, 1.54) is 29.2 Å². The molecule has 0 aliphatic rings. The largest absolute Gasteiger partial charge is 0.497 e. The summed E-state index contributed by atoms with van der Waals surface area (Å²) in [6.45, 7) is -0.0543. The number of methoxy groups -OCH3 is 1. The van der Waals surface area contributed by atoms with Crippen LogP contribution in [0.2, 0.25) is 5.15 Å². The van der Waals surface area contributed by atoms with Crippen LogP contribution in [-0.4, -0.2) is 27.6 Å². The van der Waals surface area contributed by atoms with Crippen molar-refractivity contribution in [3.63, 3.8) is 0 Å². The number of imidazole rings is 1. The predicted octanol–water partition coefficient (Wildman–Crippen LogP) is 4.58. The van der Waals surface area contributed by atoms with Gasteiger partial charge in [0.2, 0.25) is 0 Å². The maximum Gasteiger partial charge on any atom is 0.357 e. The van der Waals surface area contributed by atoms with Crippen LogP contribution in [-0.2, 0) is 11.3 Å². The smallest absolute Gasteiger partial charge is 0.357 e. The molecule has 2 aromatic heterocycles. The lowest BCUT2D eigenvalue weighted by atomic mass is 10.1. The standard InChI is InChI=1S/C21H15ClFN3O3/c1-28-17-7-2-13-8-14(20(22)25-18(13)9-17)11-29-21(27)19-10-24-12-26(19)16-5-3-15(23)4-6-16/h2-10,12H,11H2,1H3. The Hall–Kier alpha value is -3.45. The van der Waals surface area contributed by atoms with Crippen molar-refractivity contribution >= 4 is 28.5 Å². The number of carbonyl (C=O) groups is 1. The Kier molecular flexibility index (Phi) is 5.14. The van der Waals surface area contributed by atoms with E-state index >= 15 is 0 Å². The number of pyridine rings is 1. The molecule has 0 fully saturated rings. The molecule has 0 spiro atoms. The van der Waals surface area contributed by atoms with Crippen LogP contribution < -0.4 is 4.74 Å². The summed E-state index contributed by atoms with van der Waals surface area (Å²) in [6, 6.07) is 13.0. The summed E-state index contributed by atoms with van der Waals surface area (Å²) in [6.07, 6.45) is 2.85. The fourth-order valence-electron chi connectivity index (χ4n) is 2.87. The van der Waals surface area contributed by atoms with E-state index in [1.807, 2.05) is 18.2 Å². The van der Waals surface area contributed by atoms with Gasteiger partial charge in [0, 0.05) is 22.7 Å². The van der Waals surface area contributed by atoms with Crippen LogP contribution in [0, 0.1) is 5.82 Å². The summed E-state index contributed by atoms with van der Waals surface area (Å²) in [5.74, 6) is -0.277. The second-order valence-electron chi connectivity index (χ2n) is 6.20. The van der Waals surface area contributed by atoms with Crippen LogP contribution in [0.25, 0.3) is 16.6 Å². The van der Waals surface area contributed by atoms with Gasteiger partial charge in [-0.25, -0.2) is 19.2 Å². The average Bonchev–Trinajstić information content (AvgIpc) is 3.22. The highest BCUT2D eigenvalue weighted by Crippen LogP contribution is 2.25. The zero-order valence-corrected chi connectivity index (χ0v) is 16.1. The molecule has 0 saturated carbocycles. The fourth-order valence-corrected chi connectivity index (χ4v) is 3.07. The number of hydrogen-bond donors (Lipinski definition) is 0. The first-order valence-corrected chi connectivity index (χ1v) is 9.01. The molecule has 4 aromatic rings. The number of rotatable bonds is 5. The highest BCUT2D eigenvalue weighted by molar-refractivity contribution is 6.30. The Bertz CT molecular complexity index is 1190. The Labute approximate surface area is 170 Å². The summed E-state index contributed by atoms with van der Waals surface area (Å²) in [4.78, 5) is 20.9. The maximum absolute atomic E-state index is 13.1. The lowest BCUT2D eigenvalue weighted by Gasteiger charge is -2.10. The lowest BCUT2D eigenvalue weighted by Crippen LogP contribution is -2.11. The maximum atomic E-state index is 13.1. The molecule has 29 heavy (non-hydrogen) atoms. The van der Waals surface area contributed by atoms with E-state index in [4.69, 9.17) is 21.1 Å². The van der Waals surface area contributed by atoms with E-state index < -0.39 is 5.97 Å². The molecule has 2 aromatic carbocycles. The van der Waals surface area contributed by atoms with Gasteiger partial charge in [0.1, 0.15) is 23.3 Å². The van der Waals surface area contributed by atoms with Crippen LogP contribution in [0.1, 0.15) is 16.1 Å².